The van der Waals surface area contributed by atoms with Crippen molar-refractivity contribution in [1.82, 2.24) is 4.31 Å². The van der Waals surface area contributed by atoms with Gasteiger partial charge in [0.15, 0.2) is 0 Å². The fourth-order valence-electron chi connectivity index (χ4n) is 3.61. The van der Waals surface area contributed by atoms with Gasteiger partial charge in [-0.1, -0.05) is 12.8 Å². The minimum Gasteiger partial charge on any atom is -0.383 e. The second-order valence-electron chi connectivity index (χ2n) is 7.71. The van der Waals surface area contributed by atoms with Gasteiger partial charge in [-0.05, 0) is 49.2 Å². The van der Waals surface area contributed by atoms with Gasteiger partial charge in [0.05, 0.1) is 16.4 Å². The van der Waals surface area contributed by atoms with E-state index in [0.29, 0.717) is 31.9 Å². The lowest BCUT2D eigenvalue weighted by molar-refractivity contribution is -0.384. The number of rotatable bonds is 9. The van der Waals surface area contributed by atoms with E-state index in [-0.39, 0.29) is 21.8 Å². The quantitative estimate of drug-likeness (QED) is 0.322. The highest BCUT2D eigenvalue weighted by Gasteiger charge is 2.25. The summed E-state index contributed by atoms with van der Waals surface area (Å²) < 4.78 is 32.2. The molecular formula is C22H28N4O6S. The molecular weight excluding hydrogens is 448 g/mol. The molecule has 1 fully saturated rings. The van der Waals surface area contributed by atoms with Gasteiger partial charge in [0.1, 0.15) is 5.69 Å². The van der Waals surface area contributed by atoms with Gasteiger partial charge in [-0.25, -0.2) is 8.42 Å². The van der Waals surface area contributed by atoms with Crippen LogP contribution < -0.4 is 10.6 Å². The highest BCUT2D eigenvalue weighted by atomic mass is 32.2. The van der Waals surface area contributed by atoms with Gasteiger partial charge >= 0.3 is 0 Å². The Hall–Kier alpha value is -3.02. The molecule has 1 aliphatic rings. The van der Waals surface area contributed by atoms with Crippen molar-refractivity contribution in [2.75, 3.05) is 44.0 Å². The molecule has 0 aliphatic carbocycles. The van der Waals surface area contributed by atoms with Crippen LogP contribution in [-0.2, 0) is 14.8 Å². The van der Waals surface area contributed by atoms with Crippen molar-refractivity contribution >= 4 is 33.0 Å². The third-order valence-corrected chi connectivity index (χ3v) is 7.31. The minimum atomic E-state index is -3.58. The zero-order valence-electron chi connectivity index (χ0n) is 18.5. The monoisotopic (exact) mass is 476 g/mol. The molecule has 2 aromatic carbocycles. The molecule has 33 heavy (non-hydrogen) atoms. The van der Waals surface area contributed by atoms with Crippen LogP contribution in [0.25, 0.3) is 0 Å². The van der Waals surface area contributed by atoms with Gasteiger partial charge in [0.25, 0.3) is 11.6 Å². The molecule has 3 rings (SSSR count). The summed E-state index contributed by atoms with van der Waals surface area (Å²) in [7, 11) is -2.05. The number of sulfonamides is 1. The van der Waals surface area contributed by atoms with Crippen LogP contribution in [0.4, 0.5) is 17.1 Å². The van der Waals surface area contributed by atoms with Gasteiger partial charge in [-0.3, -0.25) is 14.9 Å². The zero-order chi connectivity index (χ0) is 23.8. The number of methoxy groups -OCH3 is 1. The number of hydrogen-bond donors (Lipinski definition) is 2. The highest BCUT2D eigenvalue weighted by Crippen LogP contribution is 2.26. The van der Waals surface area contributed by atoms with Crippen molar-refractivity contribution in [3.8, 4) is 0 Å². The Morgan fingerprint density at radius 3 is 2.36 bits per heavy atom. The predicted molar refractivity (Wildman–Crippen MR) is 125 cm³/mol. The SMILES string of the molecule is COCCNc1ccc(C(=O)Nc2ccc(S(=O)(=O)N3CCCCCC3)cc2)cc1[N+](=O)[O-]. The Morgan fingerprint density at radius 2 is 1.76 bits per heavy atom. The van der Waals surface area contributed by atoms with Gasteiger partial charge in [-0.15, -0.1) is 0 Å². The molecule has 1 heterocycles. The number of nitro benzene ring substituents is 1. The molecule has 178 valence electrons. The van der Waals surface area contributed by atoms with Crippen molar-refractivity contribution in [2.24, 2.45) is 0 Å². The predicted octanol–water partition coefficient (Wildman–Crippen LogP) is 3.47. The van der Waals surface area contributed by atoms with E-state index < -0.39 is 20.9 Å². The molecule has 0 radical (unpaired) electrons. The normalized spacial score (nSPS) is 14.9. The molecule has 10 nitrogen and oxygen atoms in total. The summed E-state index contributed by atoms with van der Waals surface area (Å²) in [6.45, 7) is 1.78. The van der Waals surface area contributed by atoms with Crippen molar-refractivity contribution in [1.29, 1.82) is 0 Å². The Balaban J connectivity index is 1.71. The van der Waals surface area contributed by atoms with Crippen LogP contribution in [-0.4, -0.2) is 56.9 Å². The zero-order valence-corrected chi connectivity index (χ0v) is 19.3. The number of carbonyl (C=O) groups excluding carboxylic acids is 1. The summed E-state index contributed by atoms with van der Waals surface area (Å²) in [4.78, 5) is 23.6. The summed E-state index contributed by atoms with van der Waals surface area (Å²) >= 11 is 0. The lowest BCUT2D eigenvalue weighted by Gasteiger charge is -2.20. The van der Waals surface area contributed by atoms with Crippen LogP contribution in [0.1, 0.15) is 36.0 Å². The van der Waals surface area contributed by atoms with E-state index in [2.05, 4.69) is 10.6 Å². The van der Waals surface area contributed by atoms with Crippen LogP contribution in [0.2, 0.25) is 0 Å². The third-order valence-electron chi connectivity index (χ3n) is 5.39. The average Bonchev–Trinajstić information content (AvgIpc) is 3.10. The third kappa shape index (κ3) is 6.28. The largest absolute Gasteiger partial charge is 0.383 e. The molecule has 0 unspecified atom stereocenters. The molecule has 0 aromatic heterocycles. The number of amides is 1. The van der Waals surface area contributed by atoms with E-state index in [1.165, 1.54) is 53.9 Å². The highest BCUT2D eigenvalue weighted by molar-refractivity contribution is 7.89. The first-order valence-electron chi connectivity index (χ1n) is 10.8. The Kier molecular flexibility index (Phi) is 8.37. The smallest absolute Gasteiger partial charge is 0.293 e. The molecule has 1 saturated heterocycles. The van der Waals surface area contributed by atoms with E-state index in [9.17, 15) is 23.3 Å². The maximum Gasteiger partial charge on any atom is 0.293 e. The maximum atomic E-state index is 12.9. The molecule has 1 aliphatic heterocycles. The minimum absolute atomic E-state index is 0.111. The standard InChI is InChI=1S/C22H28N4O6S/c1-32-15-12-23-20-11-6-17(16-21(20)26(28)29)22(27)24-18-7-9-19(10-8-18)33(30,31)25-13-4-2-3-5-14-25/h6-11,16,23H,2-5,12-15H2,1H3,(H,24,27). The van der Waals surface area contributed by atoms with Crippen LogP contribution in [0.5, 0.6) is 0 Å². The second-order valence-corrected chi connectivity index (χ2v) is 9.64. The summed E-state index contributed by atoms with van der Waals surface area (Å²) in [5.74, 6) is -0.537. The molecule has 11 heteroatoms. The lowest BCUT2D eigenvalue weighted by Crippen LogP contribution is -2.31. The second kappa shape index (κ2) is 11.2. The molecule has 2 N–H and O–H groups in total. The summed E-state index contributed by atoms with van der Waals surface area (Å²) in [6, 6.07) is 10.1. The Bertz CT molecular complexity index is 1080. The number of nitrogens with zero attached hydrogens (tertiary/aromatic N) is 2. The average molecular weight is 477 g/mol. The number of nitro groups is 1. The summed E-state index contributed by atoms with van der Waals surface area (Å²) in [5, 5.41) is 17.0. The number of carbonyl (C=O) groups is 1. The van der Waals surface area contributed by atoms with E-state index >= 15 is 0 Å². The van der Waals surface area contributed by atoms with Crippen LogP contribution in [0.15, 0.2) is 47.4 Å². The Labute approximate surface area is 193 Å². The molecule has 0 bridgehead atoms. The van der Waals surface area contributed by atoms with Gasteiger partial charge < -0.3 is 15.4 Å². The molecule has 1 amide bonds. The fraction of sp³-hybridized carbons (Fsp3) is 0.409. The van der Waals surface area contributed by atoms with Crippen LogP contribution in [0.3, 0.4) is 0 Å². The lowest BCUT2D eigenvalue weighted by atomic mass is 10.1. The summed E-state index contributed by atoms with van der Waals surface area (Å²) in [5.41, 5.74) is 0.564. The van der Waals surface area contributed by atoms with E-state index in [4.69, 9.17) is 4.74 Å². The molecule has 0 atom stereocenters. The van der Waals surface area contributed by atoms with Crippen molar-refractivity contribution in [3.05, 3.63) is 58.1 Å². The van der Waals surface area contributed by atoms with Gasteiger partial charge in [0, 0.05) is 44.1 Å². The van der Waals surface area contributed by atoms with E-state index in [0.717, 1.165) is 25.7 Å². The van der Waals surface area contributed by atoms with E-state index in [1.54, 1.807) is 0 Å². The first-order valence-corrected chi connectivity index (χ1v) is 12.2. The van der Waals surface area contributed by atoms with Gasteiger partial charge in [0.2, 0.25) is 10.0 Å². The first kappa shape index (κ1) is 24.6. The number of ether oxygens (including phenoxy) is 1. The maximum absolute atomic E-state index is 12.9. The number of hydrogen-bond acceptors (Lipinski definition) is 7. The topological polar surface area (TPSA) is 131 Å². The molecule has 0 spiro atoms. The number of anilines is 2. The first-order chi connectivity index (χ1) is 15.8. The van der Waals surface area contributed by atoms with Crippen molar-refractivity contribution in [2.45, 2.75) is 30.6 Å². The molecule has 0 saturated carbocycles. The number of nitrogens with one attached hydrogen (secondary N) is 2. The Morgan fingerprint density at radius 1 is 1.09 bits per heavy atom. The van der Waals surface area contributed by atoms with Crippen LogP contribution in [0, 0.1) is 10.1 Å². The fourth-order valence-corrected chi connectivity index (χ4v) is 5.12. The van der Waals surface area contributed by atoms with Crippen molar-refractivity contribution < 1.29 is 22.9 Å². The van der Waals surface area contributed by atoms with E-state index in [1.807, 2.05) is 0 Å². The summed E-state index contributed by atoms with van der Waals surface area (Å²) in [6.07, 6.45) is 3.75. The molecule has 2 aromatic rings. The van der Waals surface area contributed by atoms with Crippen molar-refractivity contribution in [3.63, 3.8) is 0 Å². The van der Waals surface area contributed by atoms with Crippen LogP contribution >= 0.6 is 0 Å². The van der Waals surface area contributed by atoms with Gasteiger partial charge in [-0.2, -0.15) is 4.31 Å². The number of benzene rings is 2.